The van der Waals surface area contributed by atoms with Crippen molar-refractivity contribution in [1.82, 2.24) is 10.2 Å². The lowest BCUT2D eigenvalue weighted by molar-refractivity contribution is -0.142. The smallest absolute Gasteiger partial charge is 0.228 e. The van der Waals surface area contributed by atoms with Crippen LogP contribution in [0.25, 0.3) is 0 Å². The molecule has 1 aromatic carbocycles. The van der Waals surface area contributed by atoms with Crippen molar-refractivity contribution in [2.24, 2.45) is 22.2 Å². The van der Waals surface area contributed by atoms with Crippen molar-refractivity contribution in [3.8, 4) is 0 Å². The van der Waals surface area contributed by atoms with Gasteiger partial charge in [0.25, 0.3) is 0 Å². The molecule has 1 amide bonds. The number of nitrogens with one attached hydrogen (secondary N) is 1. The second kappa shape index (κ2) is 9.38. The molecule has 4 unspecified atom stereocenters. The predicted octanol–water partition coefficient (Wildman–Crippen LogP) is 5.66. The summed E-state index contributed by atoms with van der Waals surface area (Å²) in [6, 6.07) is 11.2. The average molecular weight is 466 g/mol. The Morgan fingerprint density at radius 2 is 2.06 bits per heavy atom. The van der Waals surface area contributed by atoms with Gasteiger partial charge in [0.15, 0.2) is 0 Å². The van der Waals surface area contributed by atoms with Gasteiger partial charge in [-0.25, -0.2) is 4.99 Å². The molecule has 1 saturated carbocycles. The lowest BCUT2D eigenvalue weighted by atomic mass is 9.65. The number of hydrogen-bond donors (Lipinski definition) is 1. The van der Waals surface area contributed by atoms with Crippen LogP contribution in [0.15, 0.2) is 59.2 Å². The Morgan fingerprint density at radius 3 is 2.79 bits per heavy atom. The molecule has 2 aliphatic heterocycles. The van der Waals surface area contributed by atoms with Crippen molar-refractivity contribution in [3.05, 3.63) is 59.8 Å². The molecule has 4 nitrogen and oxygen atoms in total. The van der Waals surface area contributed by atoms with Crippen LogP contribution < -0.4 is 5.32 Å². The SMILES string of the molecule is C=C1C(N=C(Cl)CC)=CCCC12CNCC2C(=O)N1CCC(c2ccccc2)CC1C1CC1. The molecule has 2 heterocycles. The zero-order chi connectivity index (χ0) is 23.0. The van der Waals surface area contributed by atoms with E-state index in [1.807, 2.05) is 6.92 Å². The standard InChI is InChI=1S/C28H36ClN3O/c1-3-26(29)31-24-10-7-14-28(19(24)2)18-30-17-23(28)27(33)32-15-13-22(16-25(32)21-11-12-21)20-8-5-4-6-9-20/h4-6,8-10,21-23,25,30H,2-3,7,11-18H2,1H3. The Hall–Kier alpha value is -1.91. The van der Waals surface area contributed by atoms with Crippen LogP contribution in [0, 0.1) is 17.3 Å². The Balaban J connectivity index is 1.37. The third-order valence-corrected chi connectivity index (χ3v) is 8.84. The quantitative estimate of drug-likeness (QED) is 0.570. The van der Waals surface area contributed by atoms with Crippen LogP contribution in [0.3, 0.4) is 0 Å². The molecule has 0 radical (unpaired) electrons. The van der Waals surface area contributed by atoms with Gasteiger partial charge in [0, 0.05) is 31.1 Å². The van der Waals surface area contributed by atoms with E-state index in [0.29, 0.717) is 35.4 Å². The van der Waals surface area contributed by atoms with Crippen LogP contribution in [0.2, 0.25) is 0 Å². The number of aliphatic imine (C=N–C) groups is 1. The molecule has 5 rings (SSSR count). The van der Waals surface area contributed by atoms with E-state index in [9.17, 15) is 4.79 Å². The monoisotopic (exact) mass is 465 g/mol. The number of hydrogen-bond acceptors (Lipinski definition) is 3. The maximum absolute atomic E-state index is 14.2. The summed E-state index contributed by atoms with van der Waals surface area (Å²) in [7, 11) is 0. The third-order valence-electron chi connectivity index (χ3n) is 8.49. The average Bonchev–Trinajstić information content (AvgIpc) is 3.62. The fourth-order valence-corrected chi connectivity index (χ4v) is 6.50. The molecule has 1 aromatic rings. The lowest BCUT2D eigenvalue weighted by Gasteiger charge is -2.45. The maximum atomic E-state index is 14.2. The number of carbonyl (C=O) groups is 1. The van der Waals surface area contributed by atoms with Gasteiger partial charge in [-0.2, -0.15) is 0 Å². The van der Waals surface area contributed by atoms with E-state index in [-0.39, 0.29) is 11.3 Å². The van der Waals surface area contributed by atoms with Gasteiger partial charge in [0.05, 0.1) is 11.6 Å². The number of halogens is 1. The molecule has 0 bridgehead atoms. The normalized spacial score (nSPS) is 32.8. The van der Waals surface area contributed by atoms with Gasteiger partial charge in [-0.3, -0.25) is 4.79 Å². The van der Waals surface area contributed by atoms with E-state index < -0.39 is 0 Å². The highest BCUT2D eigenvalue weighted by Gasteiger charge is 2.53. The molecular weight excluding hydrogens is 430 g/mol. The Kier molecular flexibility index (Phi) is 6.50. The summed E-state index contributed by atoms with van der Waals surface area (Å²) in [5, 5.41) is 4.15. The van der Waals surface area contributed by atoms with Crippen molar-refractivity contribution in [2.45, 2.75) is 63.8 Å². The molecule has 33 heavy (non-hydrogen) atoms. The fraction of sp³-hybridized carbons (Fsp3) is 0.571. The van der Waals surface area contributed by atoms with Crippen LogP contribution in [-0.4, -0.2) is 41.7 Å². The number of rotatable bonds is 5. The molecule has 3 fully saturated rings. The van der Waals surface area contributed by atoms with Crippen molar-refractivity contribution >= 4 is 22.7 Å². The molecule has 4 aliphatic rings. The van der Waals surface area contributed by atoms with Gasteiger partial charge in [-0.15, -0.1) is 0 Å². The molecule has 1 N–H and O–H groups in total. The second-order valence-electron chi connectivity index (χ2n) is 10.4. The van der Waals surface area contributed by atoms with Crippen LogP contribution in [-0.2, 0) is 4.79 Å². The van der Waals surface area contributed by atoms with Crippen LogP contribution in [0.4, 0.5) is 0 Å². The first kappa shape index (κ1) is 22.9. The second-order valence-corrected chi connectivity index (χ2v) is 10.8. The molecule has 2 saturated heterocycles. The molecule has 1 spiro atoms. The summed E-state index contributed by atoms with van der Waals surface area (Å²) in [6.07, 6.45) is 9.38. The molecule has 176 valence electrons. The van der Waals surface area contributed by atoms with E-state index in [0.717, 1.165) is 56.6 Å². The number of amides is 1. The highest BCUT2D eigenvalue weighted by molar-refractivity contribution is 6.65. The zero-order valence-electron chi connectivity index (χ0n) is 19.7. The predicted molar refractivity (Wildman–Crippen MR) is 135 cm³/mol. The lowest BCUT2D eigenvalue weighted by Crippen LogP contribution is -2.52. The van der Waals surface area contributed by atoms with E-state index in [1.165, 1.54) is 18.4 Å². The molecule has 2 aliphatic carbocycles. The van der Waals surface area contributed by atoms with Crippen molar-refractivity contribution in [3.63, 3.8) is 0 Å². The number of carbonyl (C=O) groups excluding carboxylic acids is 1. The highest BCUT2D eigenvalue weighted by atomic mass is 35.5. The van der Waals surface area contributed by atoms with Gasteiger partial charge in [-0.05, 0) is 67.9 Å². The van der Waals surface area contributed by atoms with Crippen LogP contribution >= 0.6 is 11.6 Å². The van der Waals surface area contributed by atoms with E-state index in [4.69, 9.17) is 11.6 Å². The Labute approximate surface area is 203 Å². The summed E-state index contributed by atoms with van der Waals surface area (Å²) in [5.74, 6) is 1.49. The topological polar surface area (TPSA) is 44.7 Å². The molecule has 5 heteroatoms. The first-order valence-corrected chi connectivity index (χ1v) is 13.1. The molecular formula is C28H36ClN3O. The first-order valence-electron chi connectivity index (χ1n) is 12.7. The summed E-state index contributed by atoms with van der Waals surface area (Å²) in [4.78, 5) is 21.1. The van der Waals surface area contributed by atoms with Gasteiger partial charge in [-0.1, -0.05) is 61.5 Å². The third kappa shape index (κ3) is 4.33. The van der Waals surface area contributed by atoms with Crippen molar-refractivity contribution < 1.29 is 4.79 Å². The maximum Gasteiger partial charge on any atom is 0.228 e. The molecule has 0 aromatic heterocycles. The van der Waals surface area contributed by atoms with E-state index in [2.05, 4.69) is 58.2 Å². The number of piperidine rings is 1. The van der Waals surface area contributed by atoms with Crippen molar-refractivity contribution in [2.75, 3.05) is 19.6 Å². The number of benzene rings is 1. The van der Waals surface area contributed by atoms with E-state index >= 15 is 0 Å². The fourth-order valence-electron chi connectivity index (χ4n) is 6.41. The van der Waals surface area contributed by atoms with Gasteiger partial charge in [0.1, 0.15) is 5.17 Å². The minimum absolute atomic E-state index is 0.0705. The minimum atomic E-state index is -0.250. The van der Waals surface area contributed by atoms with Gasteiger partial charge < -0.3 is 10.2 Å². The zero-order valence-corrected chi connectivity index (χ0v) is 20.5. The summed E-state index contributed by atoms with van der Waals surface area (Å²) < 4.78 is 0. The summed E-state index contributed by atoms with van der Waals surface area (Å²) in [6.45, 7) is 8.87. The number of nitrogens with zero attached hydrogens (tertiary/aromatic N) is 2. The van der Waals surface area contributed by atoms with Gasteiger partial charge >= 0.3 is 0 Å². The minimum Gasteiger partial charge on any atom is -0.339 e. The van der Waals surface area contributed by atoms with Crippen LogP contribution in [0.5, 0.6) is 0 Å². The summed E-state index contributed by atoms with van der Waals surface area (Å²) >= 11 is 6.28. The van der Waals surface area contributed by atoms with E-state index in [1.54, 1.807) is 0 Å². The highest BCUT2D eigenvalue weighted by Crippen LogP contribution is 2.51. The van der Waals surface area contributed by atoms with Crippen LogP contribution in [0.1, 0.15) is 63.4 Å². The van der Waals surface area contributed by atoms with Gasteiger partial charge in [0.2, 0.25) is 5.91 Å². The van der Waals surface area contributed by atoms with Crippen molar-refractivity contribution in [1.29, 1.82) is 0 Å². The molecule has 4 atom stereocenters. The number of allylic oxidation sites excluding steroid dienone is 2. The first-order chi connectivity index (χ1) is 16.0. The summed E-state index contributed by atoms with van der Waals surface area (Å²) in [5.41, 5.74) is 3.05. The number of likely N-dealkylation sites (tertiary alicyclic amines) is 1. The Morgan fingerprint density at radius 1 is 1.27 bits per heavy atom. The Bertz CT molecular complexity index is 967. The largest absolute Gasteiger partial charge is 0.339 e.